The molecule has 0 amide bonds. The van der Waals surface area contributed by atoms with Gasteiger partial charge in [-0.2, -0.15) is 11.8 Å². The van der Waals surface area contributed by atoms with Crippen LogP contribution in [0.2, 0.25) is 0 Å². The molecule has 0 aromatic rings. The number of aliphatic hydroxyl groups excluding tert-OH is 1. The molecule has 0 bridgehead atoms. The van der Waals surface area contributed by atoms with Crippen molar-refractivity contribution in [3.05, 3.63) is 0 Å². The second kappa shape index (κ2) is 6.53. The molecule has 0 aromatic carbocycles. The summed E-state index contributed by atoms with van der Waals surface area (Å²) in [5.74, 6) is 2.46. The maximum Gasteiger partial charge on any atom is 0.0713 e. The summed E-state index contributed by atoms with van der Waals surface area (Å²) in [4.78, 5) is 0. The zero-order valence-electron chi connectivity index (χ0n) is 12.2. The zero-order chi connectivity index (χ0) is 13.9. The van der Waals surface area contributed by atoms with Crippen molar-refractivity contribution in [2.24, 2.45) is 0 Å². The number of nitrogens with one attached hydrogen (secondary N) is 1. The third-order valence-electron chi connectivity index (χ3n) is 5.16. The van der Waals surface area contributed by atoms with Crippen LogP contribution in [0.4, 0.5) is 0 Å². The summed E-state index contributed by atoms with van der Waals surface area (Å²) < 4.78 is 11.6. The van der Waals surface area contributed by atoms with Gasteiger partial charge in [0.1, 0.15) is 0 Å². The molecule has 0 aromatic heterocycles. The van der Waals surface area contributed by atoms with Gasteiger partial charge in [-0.3, -0.25) is 0 Å². The minimum absolute atomic E-state index is 0.114. The number of rotatable bonds is 3. The lowest BCUT2D eigenvalue weighted by atomic mass is 9.83. The van der Waals surface area contributed by atoms with E-state index in [0.717, 1.165) is 45.5 Å². The second-order valence-electron chi connectivity index (χ2n) is 6.53. The van der Waals surface area contributed by atoms with Gasteiger partial charge in [0.05, 0.1) is 12.2 Å². The molecule has 20 heavy (non-hydrogen) atoms. The van der Waals surface area contributed by atoms with Crippen LogP contribution in [-0.4, -0.2) is 60.2 Å². The monoisotopic (exact) mass is 301 g/mol. The molecule has 3 aliphatic heterocycles. The Bertz CT molecular complexity index is 309. The maximum absolute atomic E-state index is 9.82. The number of thioether (sulfide) groups is 1. The highest BCUT2D eigenvalue weighted by Crippen LogP contribution is 2.38. The fraction of sp³-hybridized carbons (Fsp3) is 1.00. The van der Waals surface area contributed by atoms with E-state index in [9.17, 15) is 5.11 Å². The quantitative estimate of drug-likeness (QED) is 0.828. The first kappa shape index (κ1) is 15.1. The molecule has 0 saturated carbocycles. The van der Waals surface area contributed by atoms with Gasteiger partial charge < -0.3 is 19.9 Å². The third-order valence-corrected chi connectivity index (χ3v) is 6.15. The lowest BCUT2D eigenvalue weighted by Crippen LogP contribution is -2.59. The lowest BCUT2D eigenvalue weighted by molar-refractivity contribution is -0.101. The van der Waals surface area contributed by atoms with Gasteiger partial charge in [-0.05, 0) is 50.0 Å². The molecule has 3 aliphatic rings. The van der Waals surface area contributed by atoms with Crippen LogP contribution in [0.15, 0.2) is 0 Å². The normalized spacial score (nSPS) is 33.1. The summed E-state index contributed by atoms with van der Waals surface area (Å²) in [6, 6.07) is 0.483. The molecule has 116 valence electrons. The van der Waals surface area contributed by atoms with Crippen molar-refractivity contribution in [1.82, 2.24) is 5.32 Å². The smallest absolute Gasteiger partial charge is 0.0713 e. The molecule has 3 fully saturated rings. The van der Waals surface area contributed by atoms with E-state index in [-0.39, 0.29) is 17.7 Å². The van der Waals surface area contributed by atoms with E-state index in [1.807, 2.05) is 11.8 Å². The van der Waals surface area contributed by atoms with E-state index in [4.69, 9.17) is 9.47 Å². The molecule has 1 atom stereocenters. The van der Waals surface area contributed by atoms with Gasteiger partial charge in [-0.25, -0.2) is 0 Å². The van der Waals surface area contributed by atoms with Gasteiger partial charge >= 0.3 is 0 Å². The molecule has 1 spiro atoms. The number of hydrogen-bond acceptors (Lipinski definition) is 5. The van der Waals surface area contributed by atoms with Crippen molar-refractivity contribution in [2.45, 2.75) is 55.7 Å². The highest BCUT2D eigenvalue weighted by Gasteiger charge is 2.41. The summed E-state index contributed by atoms with van der Waals surface area (Å²) in [5.41, 5.74) is -0.00611. The molecule has 3 saturated heterocycles. The Kier molecular flexibility index (Phi) is 4.93. The summed E-state index contributed by atoms with van der Waals surface area (Å²) in [7, 11) is 0. The number of ether oxygens (including phenoxy) is 2. The van der Waals surface area contributed by atoms with Crippen LogP contribution < -0.4 is 5.32 Å². The minimum atomic E-state index is -0.120. The van der Waals surface area contributed by atoms with Gasteiger partial charge in [-0.1, -0.05) is 0 Å². The van der Waals surface area contributed by atoms with Gasteiger partial charge in [0.2, 0.25) is 0 Å². The van der Waals surface area contributed by atoms with Crippen molar-refractivity contribution in [3.8, 4) is 0 Å². The molecule has 4 nitrogen and oxygen atoms in total. The third kappa shape index (κ3) is 3.33. The zero-order valence-corrected chi connectivity index (χ0v) is 13.1. The average molecular weight is 301 g/mol. The number of aliphatic hydroxyl groups is 1. The Labute approximate surface area is 126 Å². The topological polar surface area (TPSA) is 50.7 Å². The fourth-order valence-corrected chi connectivity index (χ4v) is 5.02. The maximum atomic E-state index is 9.82. The first-order valence-corrected chi connectivity index (χ1v) is 9.09. The Morgan fingerprint density at radius 3 is 2.55 bits per heavy atom. The molecule has 5 heteroatoms. The van der Waals surface area contributed by atoms with Crippen LogP contribution >= 0.6 is 11.8 Å². The predicted molar refractivity (Wildman–Crippen MR) is 81.3 cm³/mol. The van der Waals surface area contributed by atoms with Crippen molar-refractivity contribution in [1.29, 1.82) is 0 Å². The highest BCUT2D eigenvalue weighted by molar-refractivity contribution is 7.99. The molecular weight excluding hydrogens is 274 g/mol. The summed E-state index contributed by atoms with van der Waals surface area (Å²) >= 11 is 2.05. The van der Waals surface area contributed by atoms with Crippen LogP contribution in [-0.2, 0) is 9.47 Å². The summed E-state index contributed by atoms with van der Waals surface area (Å²) in [6.45, 7) is 2.61. The van der Waals surface area contributed by atoms with Crippen LogP contribution in [0.1, 0.15) is 38.5 Å². The van der Waals surface area contributed by atoms with Crippen LogP contribution in [0.5, 0.6) is 0 Å². The molecule has 0 aliphatic carbocycles. The Morgan fingerprint density at radius 1 is 1.10 bits per heavy atom. The van der Waals surface area contributed by atoms with E-state index < -0.39 is 0 Å². The SMILES string of the molecule is OCC1(NC2CCOC3(CCSCC3)C2)CCOCC1. The molecule has 0 radical (unpaired) electrons. The largest absolute Gasteiger partial charge is 0.394 e. The Balaban J connectivity index is 1.61. The lowest BCUT2D eigenvalue weighted by Gasteiger charge is -2.47. The molecular formula is C15H27NO3S. The van der Waals surface area contributed by atoms with Crippen LogP contribution in [0, 0.1) is 0 Å². The average Bonchev–Trinajstić information content (AvgIpc) is 2.49. The first-order valence-electron chi connectivity index (χ1n) is 7.94. The summed E-state index contributed by atoms with van der Waals surface area (Å²) in [5, 5.41) is 13.6. The van der Waals surface area contributed by atoms with Gasteiger partial charge in [0.25, 0.3) is 0 Å². The highest BCUT2D eigenvalue weighted by atomic mass is 32.2. The van der Waals surface area contributed by atoms with Gasteiger partial charge in [-0.15, -0.1) is 0 Å². The van der Waals surface area contributed by atoms with Crippen molar-refractivity contribution < 1.29 is 14.6 Å². The van der Waals surface area contributed by atoms with Gasteiger partial charge in [0.15, 0.2) is 0 Å². The van der Waals surface area contributed by atoms with E-state index in [1.165, 1.54) is 24.3 Å². The van der Waals surface area contributed by atoms with Gasteiger partial charge in [0, 0.05) is 31.4 Å². The van der Waals surface area contributed by atoms with Crippen molar-refractivity contribution in [2.75, 3.05) is 37.9 Å². The summed E-state index contributed by atoms with van der Waals surface area (Å²) in [6.07, 6.45) is 6.39. The molecule has 2 N–H and O–H groups in total. The van der Waals surface area contributed by atoms with Crippen LogP contribution in [0.25, 0.3) is 0 Å². The Morgan fingerprint density at radius 2 is 1.85 bits per heavy atom. The van der Waals surface area contributed by atoms with E-state index in [2.05, 4.69) is 5.32 Å². The fourth-order valence-electron chi connectivity index (χ4n) is 3.79. The van der Waals surface area contributed by atoms with E-state index >= 15 is 0 Å². The predicted octanol–water partition coefficient (Wildman–Crippen LogP) is 1.56. The van der Waals surface area contributed by atoms with Crippen LogP contribution in [0.3, 0.4) is 0 Å². The molecule has 3 heterocycles. The minimum Gasteiger partial charge on any atom is -0.394 e. The first-order chi connectivity index (χ1) is 9.76. The molecule has 3 rings (SSSR count). The standard InChI is InChI=1S/C15H27NO3S/c17-12-14(2-7-18-8-3-14)16-13-1-6-19-15(11-13)4-9-20-10-5-15/h13,16-17H,1-12H2. The number of hydrogen-bond donors (Lipinski definition) is 2. The van der Waals surface area contributed by atoms with Crippen molar-refractivity contribution >= 4 is 11.8 Å². The van der Waals surface area contributed by atoms with E-state index in [1.54, 1.807) is 0 Å². The Hall–Kier alpha value is 0.190. The second-order valence-corrected chi connectivity index (χ2v) is 7.75. The molecule has 1 unspecified atom stereocenters. The van der Waals surface area contributed by atoms with E-state index in [0.29, 0.717) is 6.04 Å². The van der Waals surface area contributed by atoms with Crippen molar-refractivity contribution in [3.63, 3.8) is 0 Å².